The monoisotopic (exact) mass is 377 g/mol. The number of nitrogens with zero attached hydrogens (tertiary/aromatic N) is 1. The normalized spacial score (nSPS) is 14.0. The Morgan fingerprint density at radius 3 is 2.46 bits per heavy atom. The molecule has 2 rings (SSSR count). The Morgan fingerprint density at radius 1 is 1.12 bits per heavy atom. The summed E-state index contributed by atoms with van der Waals surface area (Å²) in [5.74, 6) is -0.0690. The first-order valence-electron chi connectivity index (χ1n) is 9.18. The quantitative estimate of drug-likeness (QED) is 0.565. The molecule has 0 unspecified atom stereocenters. The lowest BCUT2D eigenvalue weighted by Crippen LogP contribution is -2.40. The summed E-state index contributed by atoms with van der Waals surface area (Å²) in [6.07, 6.45) is 4.70. The van der Waals surface area contributed by atoms with Crippen LogP contribution in [0.1, 0.15) is 49.4 Å². The topological polar surface area (TPSA) is 70.7 Å². The van der Waals surface area contributed by atoms with E-state index in [4.69, 9.17) is 17.0 Å². The second-order valence-corrected chi connectivity index (χ2v) is 6.70. The van der Waals surface area contributed by atoms with Gasteiger partial charge in [-0.05, 0) is 42.9 Å². The van der Waals surface area contributed by atoms with Gasteiger partial charge in [-0.25, -0.2) is 0 Å². The van der Waals surface area contributed by atoms with Gasteiger partial charge in [0.05, 0.1) is 13.2 Å². The number of hydrogen-bond acceptors (Lipinski definition) is 4. The molecule has 1 aliphatic rings. The van der Waals surface area contributed by atoms with Crippen LogP contribution in [0.3, 0.4) is 0 Å². The maximum absolute atomic E-state index is 12.4. The number of unbranched alkanes of at least 4 members (excludes halogenated alkanes) is 3. The fourth-order valence-corrected chi connectivity index (χ4v) is 2.94. The number of hydrogen-bond donors (Lipinski definition) is 2. The van der Waals surface area contributed by atoms with Gasteiger partial charge in [0.15, 0.2) is 5.11 Å². The molecule has 1 heterocycles. The Kier molecular flexibility index (Phi) is 8.50. The zero-order valence-electron chi connectivity index (χ0n) is 15.3. The van der Waals surface area contributed by atoms with Crippen molar-refractivity contribution in [3.63, 3.8) is 0 Å². The molecule has 0 aliphatic carbocycles. The molecule has 1 aromatic rings. The van der Waals surface area contributed by atoms with E-state index in [1.54, 1.807) is 29.2 Å². The maximum Gasteiger partial charge on any atom is 0.254 e. The highest BCUT2D eigenvalue weighted by Crippen LogP contribution is 2.13. The van der Waals surface area contributed by atoms with E-state index in [0.29, 0.717) is 38.3 Å². The Labute approximate surface area is 160 Å². The lowest BCUT2D eigenvalue weighted by Gasteiger charge is -2.26. The molecule has 1 aromatic carbocycles. The molecule has 0 radical (unpaired) electrons. The van der Waals surface area contributed by atoms with E-state index in [0.717, 1.165) is 31.4 Å². The van der Waals surface area contributed by atoms with Crippen molar-refractivity contribution in [1.82, 2.24) is 10.2 Å². The van der Waals surface area contributed by atoms with Gasteiger partial charge in [-0.15, -0.1) is 0 Å². The first-order valence-corrected chi connectivity index (χ1v) is 9.59. The summed E-state index contributed by atoms with van der Waals surface area (Å²) in [4.78, 5) is 26.0. The second kappa shape index (κ2) is 10.9. The lowest BCUT2D eigenvalue weighted by atomic mass is 10.1. The van der Waals surface area contributed by atoms with Crippen LogP contribution in [-0.4, -0.2) is 48.1 Å². The Bertz CT molecular complexity index is 613. The van der Waals surface area contributed by atoms with E-state index in [1.165, 1.54) is 0 Å². The minimum atomic E-state index is -0.0716. The van der Waals surface area contributed by atoms with Gasteiger partial charge in [-0.3, -0.25) is 9.59 Å². The number of amides is 2. The Hall–Kier alpha value is -1.99. The molecular formula is C19H27N3O3S. The minimum Gasteiger partial charge on any atom is -0.378 e. The number of nitrogens with one attached hydrogen (secondary N) is 2. The molecule has 6 nitrogen and oxygen atoms in total. The number of carbonyl (C=O) groups is 2. The average Bonchev–Trinajstić information content (AvgIpc) is 2.66. The van der Waals surface area contributed by atoms with E-state index in [-0.39, 0.29) is 16.9 Å². The van der Waals surface area contributed by atoms with E-state index < -0.39 is 0 Å². The van der Waals surface area contributed by atoms with Crippen molar-refractivity contribution in [2.45, 2.75) is 39.0 Å². The summed E-state index contributed by atoms with van der Waals surface area (Å²) in [7, 11) is 0. The van der Waals surface area contributed by atoms with Crippen molar-refractivity contribution < 1.29 is 14.3 Å². The van der Waals surface area contributed by atoms with Gasteiger partial charge in [-0.2, -0.15) is 0 Å². The Morgan fingerprint density at radius 2 is 1.81 bits per heavy atom. The summed E-state index contributed by atoms with van der Waals surface area (Å²) in [6, 6.07) is 7.09. The van der Waals surface area contributed by atoms with Gasteiger partial charge >= 0.3 is 0 Å². The fraction of sp³-hybridized carbons (Fsp3) is 0.526. The molecular weight excluding hydrogens is 350 g/mol. The predicted octanol–water partition coefficient (Wildman–Crippen LogP) is 2.94. The highest BCUT2D eigenvalue weighted by molar-refractivity contribution is 7.80. The molecule has 1 aliphatic heterocycles. The van der Waals surface area contributed by atoms with Crippen LogP contribution in [0.2, 0.25) is 0 Å². The first kappa shape index (κ1) is 20.3. The molecule has 0 saturated carbocycles. The van der Waals surface area contributed by atoms with Crippen molar-refractivity contribution in [2.75, 3.05) is 31.6 Å². The highest BCUT2D eigenvalue weighted by Gasteiger charge is 2.18. The molecule has 1 fully saturated rings. The van der Waals surface area contributed by atoms with Gasteiger partial charge in [-0.1, -0.05) is 26.2 Å². The third-order valence-electron chi connectivity index (χ3n) is 4.20. The first-order chi connectivity index (χ1) is 12.6. The molecule has 0 atom stereocenters. The third kappa shape index (κ3) is 6.72. The van der Waals surface area contributed by atoms with Gasteiger partial charge in [0, 0.05) is 30.8 Å². The molecule has 7 heteroatoms. The minimum absolute atomic E-state index is 0.00260. The predicted molar refractivity (Wildman–Crippen MR) is 106 cm³/mol. The fourth-order valence-electron chi connectivity index (χ4n) is 2.71. The average molecular weight is 378 g/mol. The molecule has 0 bridgehead atoms. The molecule has 0 spiro atoms. The number of rotatable bonds is 7. The van der Waals surface area contributed by atoms with Crippen molar-refractivity contribution in [1.29, 1.82) is 0 Å². The largest absolute Gasteiger partial charge is 0.378 e. The van der Waals surface area contributed by atoms with E-state index in [1.807, 2.05) is 0 Å². The van der Waals surface area contributed by atoms with E-state index in [2.05, 4.69) is 17.6 Å². The number of thiocarbonyl (C=S) groups is 1. The smallest absolute Gasteiger partial charge is 0.254 e. The van der Waals surface area contributed by atoms with Crippen LogP contribution in [-0.2, 0) is 9.53 Å². The SMILES string of the molecule is CCCCCCC(=O)NC(=S)Nc1ccc(C(=O)N2CCOCC2)cc1. The standard InChI is InChI=1S/C19H27N3O3S/c1-2-3-4-5-6-17(23)21-19(26)20-16-9-7-15(8-10-16)18(24)22-11-13-25-14-12-22/h7-10H,2-6,11-14H2,1H3,(H2,20,21,23,26). The van der Waals surface area contributed by atoms with Crippen LogP contribution in [0.25, 0.3) is 0 Å². The number of carbonyl (C=O) groups excluding carboxylic acids is 2. The number of morpholine rings is 1. The molecule has 2 N–H and O–H groups in total. The van der Waals surface area contributed by atoms with E-state index >= 15 is 0 Å². The van der Waals surface area contributed by atoms with Gasteiger partial charge in [0.2, 0.25) is 5.91 Å². The van der Waals surface area contributed by atoms with Crippen LogP contribution < -0.4 is 10.6 Å². The van der Waals surface area contributed by atoms with Crippen LogP contribution >= 0.6 is 12.2 Å². The van der Waals surface area contributed by atoms with Crippen LogP contribution in [0, 0.1) is 0 Å². The molecule has 2 amide bonds. The highest BCUT2D eigenvalue weighted by atomic mass is 32.1. The summed E-state index contributed by atoms with van der Waals surface area (Å²) >= 11 is 5.17. The zero-order chi connectivity index (χ0) is 18.8. The molecule has 0 aromatic heterocycles. The van der Waals surface area contributed by atoms with Crippen LogP contribution in [0.5, 0.6) is 0 Å². The van der Waals surface area contributed by atoms with E-state index in [9.17, 15) is 9.59 Å². The summed E-state index contributed by atoms with van der Waals surface area (Å²) in [6.45, 7) is 4.54. The number of ether oxygens (including phenoxy) is 1. The van der Waals surface area contributed by atoms with Gasteiger partial charge in [0.25, 0.3) is 5.91 Å². The van der Waals surface area contributed by atoms with Crippen LogP contribution in [0.15, 0.2) is 24.3 Å². The van der Waals surface area contributed by atoms with Crippen LogP contribution in [0.4, 0.5) is 5.69 Å². The number of benzene rings is 1. The molecule has 1 saturated heterocycles. The summed E-state index contributed by atoms with van der Waals surface area (Å²) < 4.78 is 5.26. The third-order valence-corrected chi connectivity index (χ3v) is 4.40. The summed E-state index contributed by atoms with van der Waals surface area (Å²) in [5, 5.41) is 5.94. The maximum atomic E-state index is 12.4. The van der Waals surface area contributed by atoms with Gasteiger partial charge < -0.3 is 20.3 Å². The van der Waals surface area contributed by atoms with Crippen molar-refractivity contribution in [3.05, 3.63) is 29.8 Å². The number of anilines is 1. The Balaban J connectivity index is 1.78. The van der Waals surface area contributed by atoms with Crippen molar-refractivity contribution >= 4 is 34.8 Å². The molecule has 26 heavy (non-hydrogen) atoms. The molecule has 142 valence electrons. The zero-order valence-corrected chi connectivity index (χ0v) is 16.1. The lowest BCUT2D eigenvalue weighted by molar-refractivity contribution is -0.119. The second-order valence-electron chi connectivity index (χ2n) is 6.29. The summed E-state index contributed by atoms with van der Waals surface area (Å²) in [5.41, 5.74) is 1.36. The van der Waals surface area contributed by atoms with Gasteiger partial charge in [0.1, 0.15) is 0 Å². The van der Waals surface area contributed by atoms with Crippen molar-refractivity contribution in [3.8, 4) is 0 Å². The van der Waals surface area contributed by atoms with Crippen molar-refractivity contribution in [2.24, 2.45) is 0 Å².